The van der Waals surface area contributed by atoms with Crippen molar-refractivity contribution in [2.45, 2.75) is 22.2 Å². The summed E-state index contributed by atoms with van der Waals surface area (Å²) in [6.07, 6.45) is 0. The molecule has 0 N–H and O–H groups in total. The molecule has 2 aromatic carbocycles. The highest BCUT2D eigenvalue weighted by Crippen LogP contribution is 2.32. The Hall–Kier alpha value is -2.16. The van der Waals surface area contributed by atoms with Crippen LogP contribution >= 0.6 is 34.9 Å². The number of fused-ring (bicyclic) bond motifs is 1. The molecule has 136 valence electrons. The van der Waals surface area contributed by atoms with E-state index in [0.717, 1.165) is 26.5 Å². The molecule has 2 heterocycles. The van der Waals surface area contributed by atoms with Crippen LogP contribution in [0.15, 0.2) is 64.1 Å². The van der Waals surface area contributed by atoms with Gasteiger partial charge in [0.25, 0.3) is 0 Å². The average molecular weight is 413 g/mol. The Bertz CT molecular complexity index is 1040. The number of hydrogen-bond acceptors (Lipinski definition) is 7. The van der Waals surface area contributed by atoms with Gasteiger partial charge in [-0.15, -0.1) is 21.5 Å². The second-order valence-corrected chi connectivity index (χ2v) is 8.99. The smallest absolute Gasteiger partial charge is 0.196 e. The second-order valence-electron chi connectivity index (χ2n) is 5.80. The van der Waals surface area contributed by atoms with E-state index in [0.29, 0.717) is 11.5 Å². The van der Waals surface area contributed by atoms with Gasteiger partial charge in [-0.05, 0) is 31.2 Å². The summed E-state index contributed by atoms with van der Waals surface area (Å²) in [4.78, 5) is 16.0. The molecular formula is C19H16N4OS3. The Morgan fingerprint density at radius 3 is 2.59 bits per heavy atom. The molecule has 4 aromatic rings. The van der Waals surface area contributed by atoms with Gasteiger partial charge in [0.05, 0.1) is 21.7 Å². The van der Waals surface area contributed by atoms with Crippen molar-refractivity contribution >= 4 is 50.9 Å². The van der Waals surface area contributed by atoms with Gasteiger partial charge in [-0.3, -0.25) is 9.36 Å². The predicted molar refractivity (Wildman–Crippen MR) is 112 cm³/mol. The molecule has 5 nitrogen and oxygen atoms in total. The summed E-state index contributed by atoms with van der Waals surface area (Å²) in [6, 6.07) is 18.1. The highest BCUT2D eigenvalue weighted by atomic mass is 32.2. The Balaban J connectivity index is 1.60. The Morgan fingerprint density at radius 2 is 1.81 bits per heavy atom. The van der Waals surface area contributed by atoms with Crippen molar-refractivity contribution in [1.29, 1.82) is 0 Å². The number of para-hydroxylation sites is 2. The van der Waals surface area contributed by atoms with Crippen molar-refractivity contribution in [3.8, 4) is 5.69 Å². The lowest BCUT2D eigenvalue weighted by Gasteiger charge is -2.09. The minimum Gasteiger partial charge on any atom is -0.299 e. The van der Waals surface area contributed by atoms with Crippen LogP contribution in [0.5, 0.6) is 0 Å². The van der Waals surface area contributed by atoms with Crippen LogP contribution in [0.1, 0.15) is 12.7 Å². The fourth-order valence-corrected chi connectivity index (χ4v) is 5.28. The quantitative estimate of drug-likeness (QED) is 0.404. The van der Waals surface area contributed by atoms with Gasteiger partial charge >= 0.3 is 0 Å². The first-order chi connectivity index (χ1) is 13.2. The van der Waals surface area contributed by atoms with Gasteiger partial charge in [-0.2, -0.15) is 0 Å². The fourth-order valence-electron chi connectivity index (χ4n) is 2.53. The predicted octanol–water partition coefficient (Wildman–Crippen LogP) is 4.85. The summed E-state index contributed by atoms with van der Waals surface area (Å²) < 4.78 is 4.22. The first-order valence-electron chi connectivity index (χ1n) is 8.31. The van der Waals surface area contributed by atoms with Gasteiger partial charge in [-0.25, -0.2) is 4.98 Å². The maximum atomic E-state index is 11.4. The Labute approximate surface area is 169 Å². The number of rotatable bonds is 7. The van der Waals surface area contributed by atoms with Gasteiger partial charge in [0.2, 0.25) is 0 Å². The number of aromatic nitrogens is 4. The number of carbonyl (C=O) groups excluding carboxylic acids is 1. The summed E-state index contributed by atoms with van der Waals surface area (Å²) >= 11 is 4.75. The van der Waals surface area contributed by atoms with Crippen LogP contribution in [0.2, 0.25) is 0 Å². The fraction of sp³-hybridized carbons (Fsp3) is 0.158. The lowest BCUT2D eigenvalue weighted by molar-refractivity contribution is -0.114. The zero-order valence-electron chi connectivity index (χ0n) is 14.5. The van der Waals surface area contributed by atoms with Crippen molar-refractivity contribution in [1.82, 2.24) is 19.7 Å². The van der Waals surface area contributed by atoms with Crippen molar-refractivity contribution in [3.63, 3.8) is 0 Å². The third-order valence-electron chi connectivity index (χ3n) is 3.72. The molecule has 0 aliphatic carbocycles. The van der Waals surface area contributed by atoms with Crippen LogP contribution in [0.4, 0.5) is 0 Å². The molecule has 0 unspecified atom stereocenters. The standard InChI is InChI=1S/C19H16N4OS3/c1-13(24)11-25-18-22-21-17(23(18)14-7-3-2-4-8-14)12-26-19-20-15-9-5-6-10-16(15)27-19/h2-10H,11-12H2,1H3. The molecule has 0 aliphatic heterocycles. The minimum atomic E-state index is 0.119. The topological polar surface area (TPSA) is 60.7 Å². The number of thioether (sulfide) groups is 2. The van der Waals surface area contributed by atoms with Crippen molar-refractivity contribution in [3.05, 3.63) is 60.4 Å². The summed E-state index contributed by atoms with van der Waals surface area (Å²) in [5.74, 6) is 2.00. The molecule has 0 spiro atoms. The van der Waals surface area contributed by atoms with Crippen molar-refractivity contribution in [2.24, 2.45) is 0 Å². The maximum Gasteiger partial charge on any atom is 0.196 e. The van der Waals surface area contributed by atoms with Gasteiger partial charge < -0.3 is 0 Å². The molecule has 0 bridgehead atoms. The van der Waals surface area contributed by atoms with Crippen molar-refractivity contribution in [2.75, 3.05) is 5.75 Å². The molecule has 0 amide bonds. The zero-order chi connectivity index (χ0) is 18.6. The molecule has 4 rings (SSSR count). The summed E-state index contributed by atoms with van der Waals surface area (Å²) in [5.41, 5.74) is 2.01. The van der Waals surface area contributed by atoms with Crippen LogP contribution < -0.4 is 0 Å². The minimum absolute atomic E-state index is 0.119. The average Bonchev–Trinajstić information content (AvgIpc) is 3.28. The molecule has 27 heavy (non-hydrogen) atoms. The molecule has 0 atom stereocenters. The van der Waals surface area contributed by atoms with Gasteiger partial charge in [0.1, 0.15) is 11.6 Å². The highest BCUT2D eigenvalue weighted by Gasteiger charge is 2.16. The summed E-state index contributed by atoms with van der Waals surface area (Å²) in [6.45, 7) is 1.58. The molecule has 8 heteroatoms. The lowest BCUT2D eigenvalue weighted by atomic mass is 10.3. The van der Waals surface area contributed by atoms with E-state index in [1.54, 1.807) is 30.0 Å². The van der Waals surface area contributed by atoms with Crippen LogP contribution in [0.3, 0.4) is 0 Å². The third kappa shape index (κ3) is 4.23. The number of thiazole rings is 1. The third-order valence-corrected chi connectivity index (χ3v) is 6.97. The molecule has 0 aliphatic rings. The van der Waals surface area contributed by atoms with E-state index in [1.807, 2.05) is 53.1 Å². The first kappa shape index (κ1) is 18.2. The molecular weight excluding hydrogens is 396 g/mol. The van der Waals surface area contributed by atoms with Gasteiger partial charge in [-0.1, -0.05) is 53.9 Å². The molecule has 0 radical (unpaired) electrons. The number of nitrogens with zero attached hydrogens (tertiary/aromatic N) is 4. The number of hydrogen-bond donors (Lipinski definition) is 0. The second kappa shape index (κ2) is 8.24. The Morgan fingerprint density at radius 1 is 1.04 bits per heavy atom. The summed E-state index contributed by atoms with van der Waals surface area (Å²) in [5, 5.41) is 9.42. The van der Waals surface area contributed by atoms with E-state index in [9.17, 15) is 4.79 Å². The molecule has 0 fully saturated rings. The van der Waals surface area contributed by atoms with Crippen LogP contribution in [-0.2, 0) is 10.5 Å². The van der Waals surface area contributed by atoms with E-state index < -0.39 is 0 Å². The number of benzene rings is 2. The molecule has 2 aromatic heterocycles. The monoisotopic (exact) mass is 412 g/mol. The van der Waals surface area contributed by atoms with E-state index in [1.165, 1.54) is 16.5 Å². The van der Waals surface area contributed by atoms with Crippen LogP contribution in [0.25, 0.3) is 15.9 Å². The van der Waals surface area contributed by atoms with E-state index in [-0.39, 0.29) is 5.78 Å². The van der Waals surface area contributed by atoms with Crippen molar-refractivity contribution < 1.29 is 4.79 Å². The summed E-state index contributed by atoms with van der Waals surface area (Å²) in [7, 11) is 0. The van der Waals surface area contributed by atoms with Gasteiger partial charge in [0.15, 0.2) is 9.50 Å². The number of Topliss-reactive ketones (excluding diaryl/α,β-unsaturated/α-hetero) is 1. The SMILES string of the molecule is CC(=O)CSc1nnc(CSc2nc3ccccc3s2)n1-c1ccccc1. The van der Waals surface area contributed by atoms with E-state index >= 15 is 0 Å². The Kier molecular flexibility index (Phi) is 5.56. The zero-order valence-corrected chi connectivity index (χ0v) is 17.0. The lowest BCUT2D eigenvalue weighted by Crippen LogP contribution is -2.03. The number of ketones is 1. The molecule has 0 saturated heterocycles. The largest absolute Gasteiger partial charge is 0.299 e. The van der Waals surface area contributed by atoms with Crippen LogP contribution in [0, 0.1) is 0 Å². The highest BCUT2D eigenvalue weighted by molar-refractivity contribution is 8.00. The molecule has 0 saturated carbocycles. The van der Waals surface area contributed by atoms with E-state index in [4.69, 9.17) is 0 Å². The van der Waals surface area contributed by atoms with Gasteiger partial charge in [0, 0.05) is 5.69 Å². The maximum absolute atomic E-state index is 11.4. The normalized spacial score (nSPS) is 11.1. The van der Waals surface area contributed by atoms with Crippen LogP contribution in [-0.4, -0.2) is 31.3 Å². The first-order valence-corrected chi connectivity index (χ1v) is 11.1. The number of carbonyl (C=O) groups is 1. The van der Waals surface area contributed by atoms with E-state index in [2.05, 4.69) is 21.2 Å².